The fourth-order valence-corrected chi connectivity index (χ4v) is 4.87. The number of amides is 1. The van der Waals surface area contributed by atoms with E-state index in [9.17, 15) is 4.79 Å². The highest BCUT2D eigenvalue weighted by Gasteiger charge is 2.07. The van der Waals surface area contributed by atoms with Crippen LogP contribution in [0.25, 0.3) is 16.3 Å². The molecule has 134 valence electrons. The number of fused-ring (bicyclic) bond motifs is 1. The third-order valence-electron chi connectivity index (χ3n) is 3.53. The smallest absolute Gasteiger partial charge is 0.250 e. The lowest BCUT2D eigenvalue weighted by molar-refractivity contribution is -0.111. The average molecular weight is 411 g/mol. The highest BCUT2D eigenvalue weighted by molar-refractivity contribution is 8.00. The number of hydrogen-bond donors (Lipinski definition) is 1. The molecule has 0 bridgehead atoms. The van der Waals surface area contributed by atoms with Crippen molar-refractivity contribution in [1.82, 2.24) is 15.2 Å². The number of nitrogens with one attached hydrogen (secondary N) is 1. The Hall–Kier alpha value is -2.55. The van der Waals surface area contributed by atoms with E-state index in [-0.39, 0.29) is 5.91 Å². The molecule has 27 heavy (non-hydrogen) atoms. The second kappa shape index (κ2) is 8.43. The maximum Gasteiger partial charge on any atom is 0.250 e. The third kappa shape index (κ3) is 4.79. The van der Waals surface area contributed by atoms with Gasteiger partial charge in [-0.25, -0.2) is 4.98 Å². The van der Waals surface area contributed by atoms with Crippen LogP contribution in [0.3, 0.4) is 0 Å². The van der Waals surface area contributed by atoms with E-state index in [0.717, 1.165) is 25.3 Å². The number of rotatable bonds is 6. The normalized spacial score (nSPS) is 11.3. The average Bonchev–Trinajstić information content (AvgIpc) is 3.32. The summed E-state index contributed by atoms with van der Waals surface area (Å²) in [5.74, 6) is 0.575. The minimum atomic E-state index is -0.245. The molecule has 0 unspecified atom stereocenters. The van der Waals surface area contributed by atoms with Gasteiger partial charge in [-0.15, -0.1) is 21.5 Å². The zero-order valence-electron chi connectivity index (χ0n) is 14.0. The number of thioether (sulfide) groups is 1. The Balaban J connectivity index is 1.33. The van der Waals surface area contributed by atoms with Crippen molar-refractivity contribution >= 4 is 61.8 Å². The Kier molecular flexibility index (Phi) is 5.57. The van der Waals surface area contributed by atoms with E-state index in [1.807, 2.05) is 42.5 Å². The molecule has 4 rings (SSSR count). The van der Waals surface area contributed by atoms with Crippen LogP contribution in [-0.4, -0.2) is 21.1 Å². The summed E-state index contributed by atoms with van der Waals surface area (Å²) < 4.78 is 1.92. The lowest BCUT2D eigenvalue weighted by atomic mass is 10.2. The largest absolute Gasteiger partial charge is 0.297 e. The lowest BCUT2D eigenvalue weighted by Gasteiger charge is -1.96. The number of carbonyl (C=O) groups is 1. The molecule has 2 aromatic carbocycles. The molecule has 8 heteroatoms. The van der Waals surface area contributed by atoms with Crippen LogP contribution in [0.1, 0.15) is 10.6 Å². The number of anilines is 1. The van der Waals surface area contributed by atoms with Crippen molar-refractivity contribution in [2.45, 2.75) is 10.1 Å². The molecule has 1 amide bonds. The van der Waals surface area contributed by atoms with Gasteiger partial charge in [0.25, 0.3) is 0 Å². The van der Waals surface area contributed by atoms with E-state index >= 15 is 0 Å². The monoisotopic (exact) mass is 410 g/mol. The number of thiazole rings is 1. The molecular formula is C19H14N4OS3. The van der Waals surface area contributed by atoms with E-state index in [1.54, 1.807) is 29.2 Å². The minimum Gasteiger partial charge on any atom is -0.297 e. The number of hydrogen-bond acceptors (Lipinski definition) is 7. The standard InChI is InChI=1S/C19H14N4OS3/c24-16(10-11-17-20-14-8-4-5-9-15(14)26-17)21-18-22-23-19(27-18)25-12-13-6-2-1-3-7-13/h1-11H,12H2,(H,21,22,24)/b11-10+. The second-order valence-electron chi connectivity index (χ2n) is 5.49. The zero-order chi connectivity index (χ0) is 18.5. The predicted molar refractivity (Wildman–Crippen MR) is 113 cm³/mol. The van der Waals surface area contributed by atoms with E-state index in [4.69, 9.17) is 0 Å². The van der Waals surface area contributed by atoms with Gasteiger partial charge in [0.1, 0.15) is 5.01 Å². The van der Waals surface area contributed by atoms with Crippen molar-refractivity contribution in [3.63, 3.8) is 0 Å². The van der Waals surface area contributed by atoms with Gasteiger partial charge >= 0.3 is 0 Å². The van der Waals surface area contributed by atoms with Gasteiger partial charge in [0.05, 0.1) is 10.2 Å². The molecule has 0 fully saturated rings. The summed E-state index contributed by atoms with van der Waals surface area (Å²) in [5, 5.41) is 12.2. The molecule has 0 atom stereocenters. The number of nitrogens with zero attached hydrogens (tertiary/aromatic N) is 3. The Bertz CT molecular complexity index is 1060. The maximum absolute atomic E-state index is 12.1. The topological polar surface area (TPSA) is 67.8 Å². The summed E-state index contributed by atoms with van der Waals surface area (Å²) >= 11 is 4.52. The van der Waals surface area contributed by atoms with Crippen LogP contribution < -0.4 is 5.32 Å². The van der Waals surface area contributed by atoms with Crippen molar-refractivity contribution in [2.75, 3.05) is 5.32 Å². The van der Waals surface area contributed by atoms with E-state index in [0.29, 0.717) is 5.13 Å². The van der Waals surface area contributed by atoms with E-state index in [1.165, 1.54) is 23.0 Å². The molecule has 0 aliphatic rings. The lowest BCUT2D eigenvalue weighted by Crippen LogP contribution is -2.07. The fourth-order valence-electron chi connectivity index (χ4n) is 2.29. The van der Waals surface area contributed by atoms with Crippen LogP contribution in [0, 0.1) is 0 Å². The van der Waals surface area contributed by atoms with Crippen molar-refractivity contribution in [2.24, 2.45) is 0 Å². The van der Waals surface area contributed by atoms with Gasteiger partial charge in [0.2, 0.25) is 11.0 Å². The van der Waals surface area contributed by atoms with Crippen molar-refractivity contribution in [3.8, 4) is 0 Å². The van der Waals surface area contributed by atoms with Crippen molar-refractivity contribution in [1.29, 1.82) is 0 Å². The number of benzene rings is 2. The van der Waals surface area contributed by atoms with Crippen LogP contribution in [0.2, 0.25) is 0 Å². The van der Waals surface area contributed by atoms with Gasteiger partial charge < -0.3 is 0 Å². The minimum absolute atomic E-state index is 0.245. The number of aromatic nitrogens is 3. The first-order chi connectivity index (χ1) is 13.3. The van der Waals surface area contributed by atoms with Crippen molar-refractivity contribution in [3.05, 3.63) is 71.2 Å². The first-order valence-corrected chi connectivity index (χ1v) is 10.7. The molecule has 2 heterocycles. The van der Waals surface area contributed by atoms with Crippen LogP contribution >= 0.6 is 34.4 Å². The summed E-state index contributed by atoms with van der Waals surface area (Å²) in [6.07, 6.45) is 3.18. The van der Waals surface area contributed by atoms with E-state index < -0.39 is 0 Å². The molecule has 0 aliphatic heterocycles. The molecule has 0 aliphatic carbocycles. The molecule has 2 aromatic heterocycles. The van der Waals surface area contributed by atoms with Crippen LogP contribution in [0.15, 0.2) is 65.0 Å². The maximum atomic E-state index is 12.1. The summed E-state index contributed by atoms with van der Waals surface area (Å²) in [4.78, 5) is 16.6. The van der Waals surface area contributed by atoms with Gasteiger partial charge in [0.15, 0.2) is 4.34 Å². The highest BCUT2D eigenvalue weighted by Crippen LogP contribution is 2.28. The van der Waals surface area contributed by atoms with Crippen LogP contribution in [-0.2, 0) is 10.5 Å². The Morgan fingerprint density at radius 2 is 1.85 bits per heavy atom. The first kappa shape index (κ1) is 17.8. The van der Waals surface area contributed by atoms with E-state index in [2.05, 4.69) is 32.6 Å². The fraction of sp³-hybridized carbons (Fsp3) is 0.0526. The SMILES string of the molecule is O=C(/C=C/c1nc2ccccc2s1)Nc1nnc(SCc2ccccc2)s1. The molecule has 5 nitrogen and oxygen atoms in total. The molecule has 0 saturated heterocycles. The molecule has 1 N–H and O–H groups in total. The molecule has 0 spiro atoms. The molecule has 0 saturated carbocycles. The summed E-state index contributed by atoms with van der Waals surface area (Å²) in [7, 11) is 0. The Morgan fingerprint density at radius 1 is 1.04 bits per heavy atom. The zero-order valence-corrected chi connectivity index (χ0v) is 16.5. The molecular weight excluding hydrogens is 396 g/mol. The summed E-state index contributed by atoms with van der Waals surface area (Å²) in [6.45, 7) is 0. The molecule has 4 aromatic rings. The Morgan fingerprint density at radius 3 is 2.70 bits per heavy atom. The van der Waals surface area contributed by atoms with Gasteiger partial charge in [-0.05, 0) is 23.8 Å². The number of carbonyl (C=O) groups excluding carboxylic acids is 1. The Labute approximate surface area is 168 Å². The predicted octanol–water partition coefficient (Wildman–Crippen LogP) is 5.09. The van der Waals surface area contributed by atoms with Crippen LogP contribution in [0.4, 0.5) is 5.13 Å². The van der Waals surface area contributed by atoms with Gasteiger partial charge in [-0.3, -0.25) is 10.1 Å². The summed E-state index contributed by atoms with van der Waals surface area (Å²) in [5.41, 5.74) is 2.16. The first-order valence-electron chi connectivity index (χ1n) is 8.11. The quantitative estimate of drug-likeness (QED) is 0.272. The summed E-state index contributed by atoms with van der Waals surface area (Å²) in [6, 6.07) is 18.1. The van der Waals surface area contributed by atoms with Gasteiger partial charge in [-0.1, -0.05) is 65.6 Å². The van der Waals surface area contributed by atoms with Crippen LogP contribution in [0.5, 0.6) is 0 Å². The molecule has 0 radical (unpaired) electrons. The third-order valence-corrected chi connectivity index (χ3v) is 6.57. The number of para-hydroxylation sites is 1. The van der Waals surface area contributed by atoms with Crippen molar-refractivity contribution < 1.29 is 4.79 Å². The second-order valence-corrected chi connectivity index (χ2v) is 8.75. The van der Waals surface area contributed by atoms with Gasteiger partial charge in [-0.2, -0.15) is 0 Å². The van der Waals surface area contributed by atoms with Gasteiger partial charge in [0, 0.05) is 11.8 Å². The highest BCUT2D eigenvalue weighted by atomic mass is 32.2.